The Morgan fingerprint density at radius 2 is 1.80 bits per heavy atom. The van der Waals surface area contributed by atoms with Crippen LogP contribution >= 0.6 is 0 Å². The van der Waals surface area contributed by atoms with Crippen LogP contribution in [0.25, 0.3) is 21.9 Å². The first-order valence-corrected chi connectivity index (χ1v) is 13.9. The van der Waals surface area contributed by atoms with Crippen LogP contribution < -0.4 is 9.64 Å². The van der Waals surface area contributed by atoms with Gasteiger partial charge in [-0.15, -0.1) is 0 Å². The lowest BCUT2D eigenvalue weighted by Gasteiger charge is -2.36. The molecule has 0 saturated carbocycles. The van der Waals surface area contributed by atoms with Crippen LogP contribution in [0.5, 0.6) is 5.75 Å². The van der Waals surface area contributed by atoms with Gasteiger partial charge in [-0.2, -0.15) is 13.2 Å². The summed E-state index contributed by atoms with van der Waals surface area (Å²) in [7, 11) is 0. The number of fused-ring (bicyclic) bond motifs is 3. The first-order chi connectivity index (χ1) is 19.3. The van der Waals surface area contributed by atoms with Gasteiger partial charge in [0.2, 0.25) is 5.91 Å². The number of H-pyrrole nitrogens is 1. The third-order valence-electron chi connectivity index (χ3n) is 8.23. The van der Waals surface area contributed by atoms with E-state index in [1.807, 2.05) is 23.4 Å². The number of likely N-dealkylation sites (tertiary alicyclic amines) is 1. The van der Waals surface area contributed by atoms with E-state index in [0.717, 1.165) is 79.4 Å². The number of ether oxygens (including phenoxy) is 1. The van der Waals surface area contributed by atoms with Gasteiger partial charge < -0.3 is 19.5 Å². The fourth-order valence-electron chi connectivity index (χ4n) is 6.04. The molecule has 0 radical (unpaired) electrons. The van der Waals surface area contributed by atoms with Gasteiger partial charge in [0.25, 0.3) is 0 Å². The van der Waals surface area contributed by atoms with E-state index in [4.69, 9.17) is 4.74 Å². The van der Waals surface area contributed by atoms with Crippen molar-refractivity contribution < 1.29 is 22.7 Å². The molecular formula is C30H32F3N5O2. The van der Waals surface area contributed by atoms with Gasteiger partial charge in [-0.3, -0.25) is 4.79 Å². The summed E-state index contributed by atoms with van der Waals surface area (Å²) in [6, 6.07) is 8.90. The van der Waals surface area contributed by atoms with Crippen molar-refractivity contribution in [3.8, 4) is 5.75 Å². The van der Waals surface area contributed by atoms with Crippen molar-refractivity contribution in [2.24, 2.45) is 11.8 Å². The highest BCUT2D eigenvalue weighted by Crippen LogP contribution is 2.34. The first-order valence-electron chi connectivity index (χ1n) is 13.9. The smallest absolute Gasteiger partial charge is 0.416 e. The quantitative estimate of drug-likeness (QED) is 0.316. The van der Waals surface area contributed by atoms with Crippen molar-refractivity contribution in [3.63, 3.8) is 0 Å². The number of amides is 1. The monoisotopic (exact) mass is 551 g/mol. The highest BCUT2D eigenvalue weighted by Gasteiger charge is 2.31. The molecule has 210 valence electrons. The number of aromatic nitrogens is 3. The number of carbonyl (C=O) groups is 1. The molecule has 1 amide bonds. The molecule has 40 heavy (non-hydrogen) atoms. The summed E-state index contributed by atoms with van der Waals surface area (Å²) in [5.74, 6) is 1.12. The van der Waals surface area contributed by atoms with E-state index in [1.165, 1.54) is 17.8 Å². The van der Waals surface area contributed by atoms with Gasteiger partial charge >= 0.3 is 6.18 Å². The number of aromatic amines is 1. The Morgan fingerprint density at radius 3 is 2.58 bits per heavy atom. The lowest BCUT2D eigenvalue weighted by Crippen LogP contribution is -2.43. The number of nitrogens with zero attached hydrogens (tertiary/aromatic N) is 4. The van der Waals surface area contributed by atoms with Crippen molar-refractivity contribution in [2.45, 2.75) is 38.3 Å². The minimum Gasteiger partial charge on any atom is -0.493 e. The zero-order valence-electron chi connectivity index (χ0n) is 22.2. The van der Waals surface area contributed by atoms with Gasteiger partial charge in [0.05, 0.1) is 23.9 Å². The SMILES string of the molecule is O=C(CC1CCN(c2cc[nH]c3cnc4nccc4c23)CC1)N1CCCC(COc2ccc(C(F)(F)F)cc2)C1. The normalized spacial score (nSPS) is 18.9. The van der Waals surface area contributed by atoms with Crippen molar-refractivity contribution in [2.75, 3.05) is 37.7 Å². The zero-order chi connectivity index (χ0) is 27.7. The molecule has 2 fully saturated rings. The highest BCUT2D eigenvalue weighted by molar-refractivity contribution is 6.09. The molecule has 0 bridgehead atoms. The van der Waals surface area contributed by atoms with Crippen LogP contribution in [-0.2, 0) is 11.0 Å². The standard InChI is InChI=1S/C30H32F3N5O2/c31-30(32,33)22-3-5-23(6-4-22)40-19-21-2-1-13-38(18-21)27(39)16-20-9-14-37(15-10-20)26-8-12-34-25-17-36-29-24(28(25)26)7-11-35-29/h3-8,11-12,17,20-21,34H,1-2,9-10,13-16,18-19H2. The molecule has 3 aromatic heterocycles. The van der Waals surface area contributed by atoms with Gasteiger partial charge in [-0.25, -0.2) is 9.97 Å². The van der Waals surface area contributed by atoms with E-state index in [9.17, 15) is 18.0 Å². The predicted molar refractivity (Wildman–Crippen MR) is 147 cm³/mol. The molecule has 1 N–H and O–H groups in total. The number of hydrogen-bond acceptors (Lipinski definition) is 5. The molecule has 1 aromatic carbocycles. The number of carbonyl (C=O) groups excluding carboxylic acids is 1. The number of benzene rings is 1. The average molecular weight is 552 g/mol. The maximum absolute atomic E-state index is 13.2. The molecule has 2 saturated heterocycles. The van der Waals surface area contributed by atoms with Crippen LogP contribution in [0, 0.1) is 11.8 Å². The van der Waals surface area contributed by atoms with E-state index in [2.05, 4.69) is 25.9 Å². The highest BCUT2D eigenvalue weighted by atomic mass is 19.4. The average Bonchev–Trinajstić information content (AvgIpc) is 3.46. The maximum Gasteiger partial charge on any atom is 0.416 e. The van der Waals surface area contributed by atoms with E-state index in [0.29, 0.717) is 31.2 Å². The molecule has 7 nitrogen and oxygen atoms in total. The van der Waals surface area contributed by atoms with Gasteiger partial charge in [0.15, 0.2) is 5.65 Å². The summed E-state index contributed by atoms with van der Waals surface area (Å²) in [6.07, 6.45) is 5.50. The van der Waals surface area contributed by atoms with Crippen LogP contribution in [-0.4, -0.2) is 58.5 Å². The minimum atomic E-state index is -4.36. The molecule has 2 aliphatic rings. The van der Waals surface area contributed by atoms with Crippen LogP contribution in [0.15, 0.2) is 55.0 Å². The Labute approximate surface area is 230 Å². The third kappa shape index (κ3) is 5.57. The molecule has 10 heteroatoms. The van der Waals surface area contributed by atoms with Gasteiger partial charge in [0, 0.05) is 67.4 Å². The second-order valence-electron chi connectivity index (χ2n) is 10.9. The summed E-state index contributed by atoms with van der Waals surface area (Å²) in [6.45, 7) is 3.54. The Balaban J connectivity index is 1.01. The van der Waals surface area contributed by atoms with Crippen LogP contribution in [0.1, 0.15) is 37.7 Å². The van der Waals surface area contributed by atoms with Gasteiger partial charge in [0.1, 0.15) is 5.75 Å². The molecule has 4 aromatic rings. The molecule has 5 heterocycles. The summed E-state index contributed by atoms with van der Waals surface area (Å²) in [5, 5.41) is 2.18. The summed E-state index contributed by atoms with van der Waals surface area (Å²) in [5.41, 5.74) is 2.21. The number of rotatable bonds is 6. The fourth-order valence-corrected chi connectivity index (χ4v) is 6.04. The molecule has 1 unspecified atom stereocenters. The third-order valence-corrected chi connectivity index (χ3v) is 8.23. The Hall–Kier alpha value is -3.82. The van der Waals surface area contributed by atoms with Crippen molar-refractivity contribution in [3.05, 3.63) is 60.6 Å². The van der Waals surface area contributed by atoms with Crippen molar-refractivity contribution in [1.29, 1.82) is 0 Å². The molecule has 0 aliphatic carbocycles. The van der Waals surface area contributed by atoms with E-state index < -0.39 is 11.7 Å². The largest absolute Gasteiger partial charge is 0.493 e. The second-order valence-corrected chi connectivity index (χ2v) is 10.9. The second kappa shape index (κ2) is 11.0. The van der Waals surface area contributed by atoms with E-state index >= 15 is 0 Å². The molecule has 6 rings (SSSR count). The number of piperidine rings is 2. The molecule has 2 aliphatic heterocycles. The summed E-state index contributed by atoms with van der Waals surface area (Å²) in [4.78, 5) is 29.6. The first kappa shape index (κ1) is 26.4. The topological polar surface area (TPSA) is 74.4 Å². The lowest BCUT2D eigenvalue weighted by atomic mass is 9.91. The van der Waals surface area contributed by atoms with Crippen LogP contribution in [0.2, 0.25) is 0 Å². The molecular weight excluding hydrogens is 519 g/mol. The minimum absolute atomic E-state index is 0.169. The Morgan fingerprint density at radius 1 is 1.00 bits per heavy atom. The molecule has 0 spiro atoms. The van der Waals surface area contributed by atoms with Crippen LogP contribution in [0.4, 0.5) is 18.9 Å². The summed E-state index contributed by atoms with van der Waals surface area (Å²) >= 11 is 0. The molecule has 1 atom stereocenters. The van der Waals surface area contributed by atoms with Crippen molar-refractivity contribution >= 4 is 33.5 Å². The summed E-state index contributed by atoms with van der Waals surface area (Å²) < 4.78 is 44.1. The predicted octanol–water partition coefficient (Wildman–Crippen LogP) is 6.05. The maximum atomic E-state index is 13.2. The van der Waals surface area contributed by atoms with E-state index in [1.54, 1.807) is 6.20 Å². The number of pyridine rings is 2. The number of alkyl halides is 3. The van der Waals surface area contributed by atoms with Gasteiger partial charge in [-0.1, -0.05) is 0 Å². The van der Waals surface area contributed by atoms with Crippen molar-refractivity contribution in [1.82, 2.24) is 19.9 Å². The number of nitrogens with one attached hydrogen (secondary N) is 1. The van der Waals surface area contributed by atoms with E-state index in [-0.39, 0.29) is 11.8 Å². The zero-order valence-corrected chi connectivity index (χ0v) is 22.2. The number of hydrogen-bond donors (Lipinski definition) is 1. The van der Waals surface area contributed by atoms with Gasteiger partial charge in [-0.05, 0) is 68.0 Å². The number of halogens is 3. The fraction of sp³-hybridized carbons (Fsp3) is 0.433. The van der Waals surface area contributed by atoms with Crippen LogP contribution in [0.3, 0.4) is 0 Å². The number of anilines is 1. The Kier molecular flexibility index (Phi) is 7.25. The lowest BCUT2D eigenvalue weighted by molar-refractivity contribution is -0.137. The Bertz CT molecular complexity index is 1480.